The number of carbonyl (C=O) groups excluding carboxylic acids is 3. The average molecular weight is 369 g/mol. The van der Waals surface area contributed by atoms with Gasteiger partial charge in [-0.25, -0.2) is 0 Å². The Labute approximate surface area is 158 Å². The van der Waals surface area contributed by atoms with Crippen molar-refractivity contribution in [1.82, 2.24) is 9.80 Å². The molecule has 0 spiro atoms. The lowest BCUT2D eigenvalue weighted by atomic mass is 9.90. The molecule has 0 aromatic rings. The first-order chi connectivity index (χ1) is 12.3. The summed E-state index contributed by atoms with van der Waals surface area (Å²) in [6, 6.07) is -0.00538. The van der Waals surface area contributed by atoms with Gasteiger partial charge < -0.3 is 19.3 Å². The minimum atomic E-state index is -0.337. The molecule has 5 atom stereocenters. The molecule has 1 heterocycles. The number of hydrogen-bond acceptors (Lipinski definition) is 4. The van der Waals surface area contributed by atoms with Gasteiger partial charge in [-0.15, -0.1) is 0 Å². The van der Waals surface area contributed by atoms with Gasteiger partial charge in [0.2, 0.25) is 11.8 Å². The van der Waals surface area contributed by atoms with Crippen LogP contribution in [0.4, 0.5) is 0 Å². The van der Waals surface area contributed by atoms with E-state index in [0.29, 0.717) is 0 Å². The average Bonchev–Trinajstić information content (AvgIpc) is 3.08. The summed E-state index contributed by atoms with van der Waals surface area (Å²) in [6.07, 6.45) is 4.42. The standard InChI is InChI=1S/C20H36N2O4/c1-7-15(3)20(21(5)16(4)24)18(26-6)12-19(25)22-10-8-9-17(22)11-14(2)13-23/h13-15,17-18,20H,7-12H2,1-6H3/t14-,15+,17+,18-,20+/m1/s1. The molecule has 1 aliphatic rings. The number of nitrogens with zero attached hydrogens (tertiary/aromatic N) is 2. The van der Waals surface area contributed by atoms with Crippen LogP contribution >= 0.6 is 0 Å². The maximum atomic E-state index is 13.0. The Hall–Kier alpha value is -1.43. The molecule has 150 valence electrons. The molecule has 1 rings (SSSR count). The Morgan fingerprint density at radius 1 is 1.35 bits per heavy atom. The third-order valence-corrected chi connectivity index (χ3v) is 5.80. The van der Waals surface area contributed by atoms with Gasteiger partial charge in [0.05, 0.1) is 18.6 Å². The number of rotatable bonds is 10. The van der Waals surface area contributed by atoms with Crippen LogP contribution < -0.4 is 0 Å². The summed E-state index contributed by atoms with van der Waals surface area (Å²) in [4.78, 5) is 39.5. The summed E-state index contributed by atoms with van der Waals surface area (Å²) in [7, 11) is 3.39. The van der Waals surface area contributed by atoms with Gasteiger partial charge in [-0.1, -0.05) is 27.2 Å². The summed E-state index contributed by atoms with van der Waals surface area (Å²) in [5, 5.41) is 0. The van der Waals surface area contributed by atoms with Crippen LogP contribution in [0.2, 0.25) is 0 Å². The first-order valence-corrected chi connectivity index (χ1v) is 9.77. The Bertz CT molecular complexity index is 482. The Kier molecular flexibility index (Phi) is 9.27. The molecule has 0 bridgehead atoms. The van der Waals surface area contributed by atoms with E-state index in [4.69, 9.17) is 4.74 Å². The predicted molar refractivity (Wildman–Crippen MR) is 102 cm³/mol. The van der Waals surface area contributed by atoms with Crippen molar-refractivity contribution < 1.29 is 19.1 Å². The lowest BCUT2D eigenvalue weighted by Gasteiger charge is -2.38. The molecule has 0 N–H and O–H groups in total. The lowest BCUT2D eigenvalue weighted by Crippen LogP contribution is -2.50. The molecule has 1 fully saturated rings. The van der Waals surface area contributed by atoms with Crippen LogP contribution in [0, 0.1) is 11.8 Å². The Balaban J connectivity index is 2.87. The number of hydrogen-bond donors (Lipinski definition) is 0. The highest BCUT2D eigenvalue weighted by Gasteiger charge is 2.36. The van der Waals surface area contributed by atoms with E-state index in [1.807, 2.05) is 11.8 Å². The normalized spacial score (nSPS) is 21.8. The Morgan fingerprint density at radius 2 is 2.00 bits per heavy atom. The number of carbonyl (C=O) groups is 3. The summed E-state index contributed by atoms with van der Waals surface area (Å²) >= 11 is 0. The zero-order valence-corrected chi connectivity index (χ0v) is 17.2. The van der Waals surface area contributed by atoms with Gasteiger partial charge in [0, 0.05) is 39.6 Å². The fraction of sp³-hybridized carbons (Fsp3) is 0.850. The summed E-state index contributed by atoms with van der Waals surface area (Å²) in [5.74, 6) is 0.223. The van der Waals surface area contributed by atoms with E-state index in [1.54, 1.807) is 26.0 Å². The molecular formula is C20H36N2O4. The third-order valence-electron chi connectivity index (χ3n) is 5.80. The van der Waals surface area contributed by atoms with E-state index in [-0.39, 0.29) is 48.3 Å². The smallest absolute Gasteiger partial charge is 0.225 e. The second kappa shape index (κ2) is 10.7. The van der Waals surface area contributed by atoms with Crippen molar-refractivity contribution >= 4 is 18.1 Å². The predicted octanol–water partition coefficient (Wildman–Crippen LogP) is 2.50. The fourth-order valence-corrected chi connectivity index (χ4v) is 3.98. The van der Waals surface area contributed by atoms with Crippen LogP contribution in [0.5, 0.6) is 0 Å². The molecule has 6 nitrogen and oxygen atoms in total. The van der Waals surface area contributed by atoms with Crippen LogP contribution in [-0.4, -0.2) is 66.8 Å². The lowest BCUT2D eigenvalue weighted by molar-refractivity contribution is -0.141. The second-order valence-electron chi connectivity index (χ2n) is 7.72. The largest absolute Gasteiger partial charge is 0.379 e. The summed E-state index contributed by atoms with van der Waals surface area (Å²) in [6.45, 7) is 8.35. The molecule has 0 unspecified atom stereocenters. The van der Waals surface area contributed by atoms with Crippen molar-refractivity contribution in [2.45, 2.75) is 78.0 Å². The van der Waals surface area contributed by atoms with E-state index >= 15 is 0 Å². The van der Waals surface area contributed by atoms with Crippen molar-refractivity contribution in [3.8, 4) is 0 Å². The number of ether oxygens (including phenoxy) is 1. The first kappa shape index (κ1) is 22.6. The second-order valence-corrected chi connectivity index (χ2v) is 7.72. The minimum Gasteiger partial charge on any atom is -0.379 e. The van der Waals surface area contributed by atoms with Gasteiger partial charge in [-0.05, 0) is 25.2 Å². The maximum Gasteiger partial charge on any atom is 0.225 e. The third kappa shape index (κ3) is 5.79. The van der Waals surface area contributed by atoms with Gasteiger partial charge >= 0.3 is 0 Å². The molecule has 1 aliphatic heterocycles. The van der Waals surface area contributed by atoms with Crippen molar-refractivity contribution in [3.05, 3.63) is 0 Å². The van der Waals surface area contributed by atoms with Crippen molar-refractivity contribution in [1.29, 1.82) is 0 Å². The van der Waals surface area contributed by atoms with Crippen LogP contribution in [0.15, 0.2) is 0 Å². The number of amides is 2. The van der Waals surface area contributed by atoms with E-state index in [0.717, 1.165) is 38.5 Å². The molecule has 2 amide bonds. The van der Waals surface area contributed by atoms with Crippen LogP contribution in [0.25, 0.3) is 0 Å². The highest BCUT2D eigenvalue weighted by atomic mass is 16.5. The molecule has 0 aliphatic carbocycles. The molecule has 0 aromatic carbocycles. The number of aldehydes is 1. The highest BCUT2D eigenvalue weighted by molar-refractivity contribution is 5.78. The van der Waals surface area contributed by atoms with Gasteiger partial charge in [-0.2, -0.15) is 0 Å². The van der Waals surface area contributed by atoms with E-state index in [1.165, 1.54) is 0 Å². The molecule has 0 radical (unpaired) electrons. The van der Waals surface area contributed by atoms with Crippen LogP contribution in [0.1, 0.15) is 59.8 Å². The van der Waals surface area contributed by atoms with Crippen molar-refractivity contribution in [3.63, 3.8) is 0 Å². The van der Waals surface area contributed by atoms with E-state index in [9.17, 15) is 14.4 Å². The van der Waals surface area contributed by atoms with Gasteiger partial charge in [0.15, 0.2) is 0 Å². The molecule has 0 saturated carbocycles. The monoisotopic (exact) mass is 368 g/mol. The van der Waals surface area contributed by atoms with Crippen LogP contribution in [0.3, 0.4) is 0 Å². The van der Waals surface area contributed by atoms with Crippen LogP contribution in [-0.2, 0) is 19.1 Å². The number of likely N-dealkylation sites (N-methyl/N-ethyl adjacent to an activating group) is 1. The quantitative estimate of drug-likeness (QED) is 0.556. The maximum absolute atomic E-state index is 13.0. The molecule has 0 aromatic heterocycles. The number of likely N-dealkylation sites (tertiary alicyclic amines) is 1. The molecule has 26 heavy (non-hydrogen) atoms. The summed E-state index contributed by atoms with van der Waals surface area (Å²) < 4.78 is 5.68. The molecular weight excluding hydrogens is 332 g/mol. The SMILES string of the molecule is CC[C@H](C)[C@@H]([C@@H](CC(=O)N1CCC[C@H]1C[C@@H](C)C=O)OC)N(C)C(C)=O. The van der Waals surface area contributed by atoms with Gasteiger partial charge in [0.25, 0.3) is 0 Å². The van der Waals surface area contributed by atoms with Gasteiger partial charge in [0.1, 0.15) is 6.29 Å². The van der Waals surface area contributed by atoms with Gasteiger partial charge in [-0.3, -0.25) is 9.59 Å². The number of methoxy groups -OCH3 is 1. The zero-order valence-electron chi connectivity index (χ0n) is 17.2. The fourth-order valence-electron chi connectivity index (χ4n) is 3.98. The van der Waals surface area contributed by atoms with E-state index in [2.05, 4.69) is 13.8 Å². The molecule has 1 saturated heterocycles. The Morgan fingerprint density at radius 3 is 2.50 bits per heavy atom. The minimum absolute atomic E-state index is 0.0244. The van der Waals surface area contributed by atoms with E-state index < -0.39 is 0 Å². The highest BCUT2D eigenvalue weighted by Crippen LogP contribution is 2.27. The summed E-state index contributed by atoms with van der Waals surface area (Å²) in [5.41, 5.74) is 0. The van der Waals surface area contributed by atoms with Crippen molar-refractivity contribution in [2.75, 3.05) is 20.7 Å². The van der Waals surface area contributed by atoms with Crippen molar-refractivity contribution in [2.24, 2.45) is 11.8 Å². The topological polar surface area (TPSA) is 66.9 Å². The first-order valence-electron chi connectivity index (χ1n) is 9.77. The zero-order chi connectivity index (χ0) is 19.9. The molecule has 6 heteroatoms.